The molecule has 0 N–H and O–H groups in total. The van der Waals surface area contributed by atoms with Crippen molar-refractivity contribution in [3.05, 3.63) is 35.8 Å². The maximum atomic E-state index is 13.0. The van der Waals surface area contributed by atoms with Gasteiger partial charge in [0.1, 0.15) is 5.82 Å². The van der Waals surface area contributed by atoms with Gasteiger partial charge in [0.25, 0.3) is 10.0 Å². The molecule has 1 atom stereocenters. The second-order valence-corrected chi connectivity index (χ2v) is 8.72. The van der Waals surface area contributed by atoms with Crippen LogP contribution < -0.4 is 9.47 Å². The van der Waals surface area contributed by atoms with Gasteiger partial charge in [-0.25, -0.2) is 13.4 Å². The fourth-order valence-electron chi connectivity index (χ4n) is 2.74. The highest BCUT2D eigenvalue weighted by Gasteiger charge is 2.38. The molecule has 0 saturated carbocycles. The lowest BCUT2D eigenvalue weighted by Gasteiger charge is -2.23. The average Bonchev–Trinajstić information content (AvgIpc) is 3.22. The molecule has 1 aliphatic heterocycles. The number of benzene rings is 1. The molecule has 0 radical (unpaired) electrons. The predicted molar refractivity (Wildman–Crippen MR) is 96.6 cm³/mol. The fraction of sp³-hybridized carbons (Fsp3) is 0.438. The van der Waals surface area contributed by atoms with Gasteiger partial charge in [0.2, 0.25) is 0 Å². The van der Waals surface area contributed by atoms with Crippen molar-refractivity contribution in [2.24, 2.45) is 7.05 Å². The molecule has 25 heavy (non-hydrogen) atoms. The van der Waals surface area contributed by atoms with Crippen LogP contribution in [0.15, 0.2) is 29.4 Å². The minimum absolute atomic E-state index is 0.0838. The topological polar surface area (TPSA) is 73.7 Å². The second kappa shape index (κ2) is 6.89. The van der Waals surface area contributed by atoms with Crippen molar-refractivity contribution >= 4 is 21.8 Å². The second-order valence-electron chi connectivity index (χ2n) is 5.69. The van der Waals surface area contributed by atoms with Gasteiger partial charge in [-0.05, 0) is 24.6 Å². The van der Waals surface area contributed by atoms with Gasteiger partial charge in [-0.15, -0.1) is 11.8 Å². The van der Waals surface area contributed by atoms with Crippen LogP contribution in [0.2, 0.25) is 0 Å². The molecule has 0 amide bonds. The number of ether oxygens (including phenoxy) is 2. The number of hydrogen-bond acceptors (Lipinski definition) is 6. The average molecular weight is 383 g/mol. The highest BCUT2D eigenvalue weighted by atomic mass is 32.2. The summed E-state index contributed by atoms with van der Waals surface area (Å²) >= 11 is 1.58. The van der Waals surface area contributed by atoms with E-state index in [1.807, 2.05) is 12.1 Å². The Hall–Kier alpha value is -1.71. The Kier molecular flexibility index (Phi) is 4.99. The number of sulfonamides is 1. The third-order valence-corrected chi connectivity index (χ3v) is 7.33. The molecule has 2 heterocycles. The lowest BCUT2D eigenvalue weighted by Crippen LogP contribution is -2.30. The van der Waals surface area contributed by atoms with Gasteiger partial charge in [0.05, 0.1) is 19.6 Å². The minimum atomic E-state index is -3.66. The van der Waals surface area contributed by atoms with E-state index in [0.717, 1.165) is 11.3 Å². The zero-order valence-electron chi connectivity index (χ0n) is 14.6. The standard InChI is InChI=1S/C16H21N3O4S2/c1-11-17-15(10-18(11)2)25(20,21)19-7-8-24-16(19)12-5-6-13(22-3)14(9-12)23-4/h5-6,9-10,16H,7-8H2,1-4H3. The molecule has 0 spiro atoms. The zero-order chi connectivity index (χ0) is 18.2. The zero-order valence-corrected chi connectivity index (χ0v) is 16.2. The van der Waals surface area contributed by atoms with E-state index in [1.165, 1.54) is 4.31 Å². The molecule has 1 aliphatic rings. The van der Waals surface area contributed by atoms with Crippen molar-refractivity contribution in [2.75, 3.05) is 26.5 Å². The van der Waals surface area contributed by atoms with Gasteiger partial charge in [-0.1, -0.05) is 6.07 Å². The molecule has 1 saturated heterocycles. The highest BCUT2D eigenvalue weighted by Crippen LogP contribution is 2.43. The van der Waals surface area contributed by atoms with E-state index in [9.17, 15) is 8.42 Å². The van der Waals surface area contributed by atoms with Crippen molar-refractivity contribution in [3.63, 3.8) is 0 Å². The number of rotatable bonds is 5. The summed E-state index contributed by atoms with van der Waals surface area (Å²) in [7, 11) is 1.25. The molecule has 9 heteroatoms. The lowest BCUT2D eigenvalue weighted by molar-refractivity contribution is 0.353. The summed E-state index contributed by atoms with van der Waals surface area (Å²) in [4.78, 5) is 4.20. The van der Waals surface area contributed by atoms with Crippen LogP contribution in [0.1, 0.15) is 16.8 Å². The number of methoxy groups -OCH3 is 2. The first kappa shape index (κ1) is 18.1. The Balaban J connectivity index is 1.98. The summed E-state index contributed by atoms with van der Waals surface area (Å²) in [6.07, 6.45) is 1.55. The molecular weight excluding hydrogens is 362 g/mol. The smallest absolute Gasteiger partial charge is 0.263 e. The molecule has 1 fully saturated rings. The van der Waals surface area contributed by atoms with Crippen molar-refractivity contribution < 1.29 is 17.9 Å². The number of aromatic nitrogens is 2. The minimum Gasteiger partial charge on any atom is -0.493 e. The SMILES string of the molecule is COc1ccc(C2SCCN2S(=O)(=O)c2cn(C)c(C)n2)cc1OC. The number of aryl methyl sites for hydroxylation is 2. The quantitative estimate of drug-likeness (QED) is 0.788. The summed E-state index contributed by atoms with van der Waals surface area (Å²) in [6, 6.07) is 5.49. The largest absolute Gasteiger partial charge is 0.493 e. The third kappa shape index (κ3) is 3.23. The Labute approximate surface area is 152 Å². The molecule has 3 rings (SSSR count). The first-order chi connectivity index (χ1) is 11.9. The first-order valence-corrected chi connectivity index (χ1v) is 10.2. The van der Waals surface area contributed by atoms with Crippen LogP contribution in [-0.2, 0) is 17.1 Å². The summed E-state index contributed by atoms with van der Waals surface area (Å²) in [5.74, 6) is 2.58. The summed E-state index contributed by atoms with van der Waals surface area (Å²) in [5.41, 5.74) is 0.858. The molecule has 7 nitrogen and oxygen atoms in total. The first-order valence-electron chi connectivity index (χ1n) is 7.74. The lowest BCUT2D eigenvalue weighted by atomic mass is 10.2. The van der Waals surface area contributed by atoms with Crippen LogP contribution in [0, 0.1) is 6.92 Å². The number of nitrogens with zero attached hydrogens (tertiary/aromatic N) is 3. The molecule has 136 valence electrons. The Morgan fingerprint density at radius 3 is 2.56 bits per heavy atom. The normalized spacial score (nSPS) is 18.5. The van der Waals surface area contributed by atoms with E-state index < -0.39 is 10.0 Å². The summed E-state index contributed by atoms with van der Waals surface area (Å²) in [5, 5.41) is -0.229. The number of imidazole rings is 1. The van der Waals surface area contributed by atoms with E-state index >= 15 is 0 Å². The molecule has 0 bridgehead atoms. The summed E-state index contributed by atoms with van der Waals surface area (Å²) in [6.45, 7) is 2.23. The molecule has 1 aromatic carbocycles. The van der Waals surface area contributed by atoms with E-state index in [1.54, 1.807) is 56.8 Å². The Morgan fingerprint density at radius 1 is 1.24 bits per heavy atom. The van der Waals surface area contributed by atoms with Gasteiger partial charge in [0.15, 0.2) is 16.5 Å². The molecule has 1 unspecified atom stereocenters. The van der Waals surface area contributed by atoms with Gasteiger partial charge < -0.3 is 14.0 Å². The van der Waals surface area contributed by atoms with Crippen molar-refractivity contribution in [3.8, 4) is 11.5 Å². The molecule has 0 aliphatic carbocycles. The third-order valence-electron chi connectivity index (χ3n) is 4.20. The predicted octanol–water partition coefficient (Wildman–Crippen LogP) is 2.18. The molecule has 2 aromatic rings. The molecule has 1 aromatic heterocycles. The van der Waals surface area contributed by atoms with E-state index in [-0.39, 0.29) is 10.4 Å². The maximum Gasteiger partial charge on any atom is 0.263 e. The van der Waals surface area contributed by atoms with Crippen molar-refractivity contribution in [2.45, 2.75) is 17.3 Å². The van der Waals surface area contributed by atoms with Crippen LogP contribution in [0.3, 0.4) is 0 Å². The Morgan fingerprint density at radius 2 is 1.96 bits per heavy atom. The number of hydrogen-bond donors (Lipinski definition) is 0. The van der Waals surface area contributed by atoms with Gasteiger partial charge in [-0.2, -0.15) is 4.31 Å². The maximum absolute atomic E-state index is 13.0. The van der Waals surface area contributed by atoms with E-state index in [0.29, 0.717) is 23.9 Å². The van der Waals surface area contributed by atoms with Crippen LogP contribution in [0.4, 0.5) is 0 Å². The van der Waals surface area contributed by atoms with Crippen molar-refractivity contribution in [1.82, 2.24) is 13.9 Å². The number of thioether (sulfide) groups is 1. The summed E-state index contributed by atoms with van der Waals surface area (Å²) < 4.78 is 39.9. The van der Waals surface area contributed by atoms with Gasteiger partial charge >= 0.3 is 0 Å². The van der Waals surface area contributed by atoms with Crippen molar-refractivity contribution in [1.29, 1.82) is 0 Å². The van der Waals surface area contributed by atoms with E-state index in [4.69, 9.17) is 9.47 Å². The molecular formula is C16H21N3O4S2. The fourth-order valence-corrected chi connectivity index (χ4v) is 6.00. The van der Waals surface area contributed by atoms with Crippen LogP contribution in [0.25, 0.3) is 0 Å². The highest BCUT2D eigenvalue weighted by molar-refractivity contribution is 8.00. The van der Waals surface area contributed by atoms with Gasteiger partial charge in [0, 0.05) is 25.5 Å². The van der Waals surface area contributed by atoms with Crippen LogP contribution in [0.5, 0.6) is 11.5 Å². The van der Waals surface area contributed by atoms with Crippen LogP contribution in [-0.4, -0.2) is 48.8 Å². The van der Waals surface area contributed by atoms with E-state index in [2.05, 4.69) is 4.98 Å². The Bertz CT molecular complexity index is 860. The van der Waals surface area contributed by atoms with Gasteiger partial charge in [-0.3, -0.25) is 0 Å². The monoisotopic (exact) mass is 383 g/mol. The van der Waals surface area contributed by atoms with Crippen LogP contribution >= 0.6 is 11.8 Å².